The number of benzene rings is 2. The van der Waals surface area contributed by atoms with Crippen molar-refractivity contribution in [2.24, 2.45) is 0 Å². The van der Waals surface area contributed by atoms with E-state index in [2.05, 4.69) is 0 Å². The SMILES string of the molecule is Cl[SiH](O[SiH](Cl)c1ccccc1)c1ccccc1. The van der Waals surface area contributed by atoms with Crippen molar-refractivity contribution in [1.82, 2.24) is 0 Å². The van der Waals surface area contributed by atoms with Crippen LogP contribution in [0.15, 0.2) is 60.7 Å². The molecule has 0 aromatic heterocycles. The molecule has 5 heteroatoms. The van der Waals surface area contributed by atoms with E-state index in [1.54, 1.807) is 0 Å². The van der Waals surface area contributed by atoms with Crippen LogP contribution in [-0.2, 0) is 4.12 Å². The summed E-state index contributed by atoms with van der Waals surface area (Å²) in [5.74, 6) is 0. The Morgan fingerprint density at radius 2 is 1.00 bits per heavy atom. The first-order valence-corrected chi connectivity index (χ1v) is 10.9. The van der Waals surface area contributed by atoms with Crippen molar-refractivity contribution in [3.05, 3.63) is 60.7 Å². The van der Waals surface area contributed by atoms with Crippen molar-refractivity contribution >= 4 is 49.2 Å². The Kier molecular flexibility index (Phi) is 4.82. The molecule has 0 aliphatic carbocycles. The molecule has 2 aromatic carbocycles. The van der Waals surface area contributed by atoms with Gasteiger partial charge in [-0.3, -0.25) is 0 Å². The fourth-order valence-electron chi connectivity index (χ4n) is 1.47. The lowest BCUT2D eigenvalue weighted by molar-refractivity contribution is 0.647. The molecule has 0 bridgehead atoms. The van der Waals surface area contributed by atoms with Gasteiger partial charge in [-0.25, -0.2) is 0 Å². The van der Waals surface area contributed by atoms with E-state index < -0.39 is 16.7 Å². The summed E-state index contributed by atoms with van der Waals surface area (Å²) in [6.07, 6.45) is 0. The summed E-state index contributed by atoms with van der Waals surface area (Å²) < 4.78 is 5.83. The van der Waals surface area contributed by atoms with Gasteiger partial charge in [-0.15, -0.1) is 22.2 Å². The minimum Gasteiger partial charge on any atom is -0.431 e. The standard InChI is InChI=1S/C12H12Cl2OSi2/c13-16(11-7-3-1-4-8-11)15-17(14)12-9-5-2-6-10-12/h1-10,16-17H. The largest absolute Gasteiger partial charge is 0.431 e. The first-order valence-electron chi connectivity index (χ1n) is 5.31. The third kappa shape index (κ3) is 3.69. The van der Waals surface area contributed by atoms with Crippen LogP contribution in [0.4, 0.5) is 0 Å². The molecule has 2 rings (SSSR count). The average molecular weight is 299 g/mol. The van der Waals surface area contributed by atoms with Crippen LogP contribution in [-0.4, -0.2) is 16.7 Å². The van der Waals surface area contributed by atoms with E-state index in [1.807, 2.05) is 60.7 Å². The summed E-state index contributed by atoms with van der Waals surface area (Å²) >= 11 is 12.6. The van der Waals surface area contributed by atoms with Gasteiger partial charge in [-0.2, -0.15) is 0 Å². The van der Waals surface area contributed by atoms with E-state index in [9.17, 15) is 0 Å². The molecule has 2 unspecified atom stereocenters. The van der Waals surface area contributed by atoms with E-state index >= 15 is 0 Å². The summed E-state index contributed by atoms with van der Waals surface area (Å²) in [5.41, 5.74) is 0. The van der Waals surface area contributed by atoms with Crippen LogP contribution in [0.1, 0.15) is 0 Å². The second-order valence-corrected chi connectivity index (χ2v) is 9.65. The fraction of sp³-hybridized carbons (Fsp3) is 0. The van der Waals surface area contributed by atoms with Gasteiger partial charge in [0.1, 0.15) is 0 Å². The van der Waals surface area contributed by atoms with Crippen LogP contribution in [0.5, 0.6) is 0 Å². The van der Waals surface area contributed by atoms with Gasteiger partial charge >= 0.3 is 0 Å². The van der Waals surface area contributed by atoms with Gasteiger partial charge in [-0.1, -0.05) is 60.7 Å². The molecule has 0 heterocycles. The Labute approximate surface area is 114 Å². The molecule has 0 radical (unpaired) electrons. The molecule has 0 spiro atoms. The summed E-state index contributed by atoms with van der Waals surface area (Å²) in [6, 6.07) is 19.8. The second-order valence-electron chi connectivity index (χ2n) is 3.59. The summed E-state index contributed by atoms with van der Waals surface area (Å²) in [6.45, 7) is 0. The first-order chi connectivity index (χ1) is 8.27. The van der Waals surface area contributed by atoms with Gasteiger partial charge in [0.05, 0.1) is 0 Å². The van der Waals surface area contributed by atoms with Gasteiger partial charge in [0.25, 0.3) is 16.7 Å². The molecular formula is C12H12Cl2OSi2. The smallest absolute Gasteiger partial charge is 0.297 e. The Bertz CT molecular complexity index is 409. The zero-order chi connectivity index (χ0) is 12.1. The highest BCUT2D eigenvalue weighted by Gasteiger charge is 2.19. The monoisotopic (exact) mass is 298 g/mol. The number of halogens is 2. The highest BCUT2D eigenvalue weighted by Crippen LogP contribution is 2.02. The molecule has 0 amide bonds. The van der Waals surface area contributed by atoms with Crippen LogP contribution in [0.2, 0.25) is 0 Å². The molecule has 0 fully saturated rings. The quantitative estimate of drug-likeness (QED) is 0.617. The van der Waals surface area contributed by atoms with Gasteiger partial charge in [0.15, 0.2) is 0 Å². The zero-order valence-electron chi connectivity index (χ0n) is 9.09. The summed E-state index contributed by atoms with van der Waals surface area (Å²) in [5, 5.41) is 2.14. The lowest BCUT2D eigenvalue weighted by Gasteiger charge is -2.14. The van der Waals surface area contributed by atoms with Crippen LogP contribution >= 0.6 is 22.2 Å². The van der Waals surface area contributed by atoms with Crippen LogP contribution in [0.25, 0.3) is 0 Å². The maximum atomic E-state index is 6.32. The van der Waals surface area contributed by atoms with E-state index in [1.165, 1.54) is 0 Å². The molecule has 0 saturated heterocycles. The maximum absolute atomic E-state index is 6.32. The van der Waals surface area contributed by atoms with Crippen molar-refractivity contribution in [2.45, 2.75) is 0 Å². The van der Waals surface area contributed by atoms with Crippen molar-refractivity contribution in [3.63, 3.8) is 0 Å². The molecule has 17 heavy (non-hydrogen) atoms. The molecule has 1 nitrogen and oxygen atoms in total. The third-order valence-electron chi connectivity index (χ3n) is 2.36. The van der Waals surface area contributed by atoms with Crippen molar-refractivity contribution < 1.29 is 4.12 Å². The minimum absolute atomic E-state index is 1.07. The number of hydrogen-bond acceptors (Lipinski definition) is 1. The molecule has 0 saturated carbocycles. The lowest BCUT2D eigenvalue weighted by atomic mass is 10.4. The number of hydrogen-bond donors (Lipinski definition) is 0. The Morgan fingerprint density at radius 1 is 0.647 bits per heavy atom. The average Bonchev–Trinajstić information content (AvgIpc) is 2.40. The normalized spacial score (nSPS) is 14.2. The van der Waals surface area contributed by atoms with Gasteiger partial charge in [0, 0.05) is 0 Å². The highest BCUT2D eigenvalue weighted by atomic mass is 35.6. The summed E-state index contributed by atoms with van der Waals surface area (Å²) in [4.78, 5) is 0. The van der Waals surface area contributed by atoms with Crippen LogP contribution in [0, 0.1) is 0 Å². The molecular weight excluding hydrogens is 287 g/mol. The van der Waals surface area contributed by atoms with E-state index in [-0.39, 0.29) is 0 Å². The van der Waals surface area contributed by atoms with Gasteiger partial charge < -0.3 is 4.12 Å². The minimum atomic E-state index is -1.89. The highest BCUT2D eigenvalue weighted by molar-refractivity contribution is 7.19. The Morgan fingerprint density at radius 3 is 1.35 bits per heavy atom. The predicted octanol–water partition coefficient (Wildman–Crippen LogP) is 1.74. The second kappa shape index (κ2) is 6.37. The van der Waals surface area contributed by atoms with Crippen molar-refractivity contribution in [2.75, 3.05) is 0 Å². The predicted molar refractivity (Wildman–Crippen MR) is 79.2 cm³/mol. The molecule has 2 atom stereocenters. The maximum Gasteiger partial charge on any atom is 0.297 e. The molecule has 0 aliphatic heterocycles. The fourth-order valence-corrected chi connectivity index (χ4v) is 7.82. The zero-order valence-corrected chi connectivity index (χ0v) is 12.9. The van der Waals surface area contributed by atoms with Gasteiger partial charge in [-0.05, 0) is 10.4 Å². The Hall–Kier alpha value is -0.586. The van der Waals surface area contributed by atoms with Gasteiger partial charge in [0.2, 0.25) is 0 Å². The molecule has 0 N–H and O–H groups in total. The molecule has 88 valence electrons. The lowest BCUT2D eigenvalue weighted by Crippen LogP contribution is -2.38. The van der Waals surface area contributed by atoms with E-state index in [4.69, 9.17) is 26.3 Å². The van der Waals surface area contributed by atoms with Crippen molar-refractivity contribution in [1.29, 1.82) is 0 Å². The van der Waals surface area contributed by atoms with E-state index in [0.29, 0.717) is 0 Å². The van der Waals surface area contributed by atoms with Crippen LogP contribution in [0.3, 0.4) is 0 Å². The van der Waals surface area contributed by atoms with Crippen LogP contribution < -0.4 is 10.4 Å². The van der Waals surface area contributed by atoms with E-state index in [0.717, 1.165) is 10.4 Å². The number of rotatable bonds is 4. The molecule has 0 aliphatic rings. The third-order valence-corrected chi connectivity index (χ3v) is 9.46. The van der Waals surface area contributed by atoms with Crippen molar-refractivity contribution in [3.8, 4) is 0 Å². The Balaban J connectivity index is 2.02. The topological polar surface area (TPSA) is 9.23 Å². The molecule has 2 aromatic rings. The summed E-state index contributed by atoms with van der Waals surface area (Å²) in [7, 11) is -3.77. The first kappa shape index (κ1) is 12.9.